The number of nitrogens with two attached hydrogens (primary N) is 1. The number of nitrogens with one attached hydrogen (secondary N) is 1. The van der Waals surface area contributed by atoms with Crippen molar-refractivity contribution in [3.05, 3.63) is 70.3 Å². The molecule has 0 radical (unpaired) electrons. The van der Waals surface area contributed by atoms with Crippen LogP contribution in [0.25, 0.3) is 0 Å². The van der Waals surface area contributed by atoms with E-state index in [4.69, 9.17) is 27.7 Å². The molecule has 0 bridgehead atoms. The summed E-state index contributed by atoms with van der Waals surface area (Å²) >= 11 is 5.79. The smallest absolute Gasteiger partial charge is 0.232 e. The van der Waals surface area contributed by atoms with Gasteiger partial charge < -0.3 is 20.9 Å². The Morgan fingerprint density at radius 1 is 1.22 bits per heavy atom. The quantitative estimate of drug-likeness (QED) is 0.515. The molecule has 3 aliphatic rings. The van der Waals surface area contributed by atoms with Crippen LogP contribution in [-0.2, 0) is 16.0 Å². The Hall–Kier alpha value is -2.81. The van der Waals surface area contributed by atoms with Crippen molar-refractivity contribution in [1.82, 2.24) is 10.2 Å². The second-order valence-corrected chi connectivity index (χ2v) is 10.5. The zero-order valence-electron chi connectivity index (χ0n) is 21.0. The van der Waals surface area contributed by atoms with Crippen LogP contribution in [0.1, 0.15) is 85.5 Å². The first-order chi connectivity index (χ1) is 17.3. The molecule has 1 amide bonds. The second kappa shape index (κ2) is 9.57. The highest BCUT2D eigenvalue weighted by Gasteiger charge is 2.44. The molecule has 0 saturated heterocycles. The topological polar surface area (TPSA) is 100 Å². The highest BCUT2D eigenvalue weighted by Crippen LogP contribution is 2.46. The van der Waals surface area contributed by atoms with Crippen LogP contribution in [-0.4, -0.2) is 45.6 Å². The number of methoxy groups -OCH3 is 1. The third kappa shape index (κ3) is 4.11. The van der Waals surface area contributed by atoms with Gasteiger partial charge in [0.05, 0.1) is 36.3 Å². The maximum Gasteiger partial charge on any atom is 0.232 e. The highest BCUT2D eigenvalue weighted by atomic mass is 32.1. The largest absolute Gasteiger partial charge is 0.390 e. The fourth-order valence-corrected chi connectivity index (χ4v) is 6.27. The van der Waals surface area contributed by atoms with Crippen molar-refractivity contribution in [2.75, 3.05) is 7.11 Å². The summed E-state index contributed by atoms with van der Waals surface area (Å²) in [6, 6.07) is 13.5. The number of carbonyl (C=O) groups is 1. The van der Waals surface area contributed by atoms with Crippen molar-refractivity contribution in [2.24, 2.45) is 10.7 Å². The summed E-state index contributed by atoms with van der Waals surface area (Å²) in [6.07, 6.45) is 2.41. The van der Waals surface area contributed by atoms with Crippen LogP contribution in [0, 0.1) is 0 Å². The fraction of sp³-hybridized carbons (Fsp3) is 0.464. The number of rotatable bonds is 6. The highest BCUT2D eigenvalue weighted by molar-refractivity contribution is 7.80. The summed E-state index contributed by atoms with van der Waals surface area (Å²) < 4.78 is 5.77. The SMILES string of the molecule is CCC1(CC)CC(=O)N([C@@H]2C[C@H](OC)c3ccc(C(=S)N[C@@H]4c5ccccc5C[C@H]4O)cc32)C(N)=N1. The molecular weight excluding hydrogens is 472 g/mol. The summed E-state index contributed by atoms with van der Waals surface area (Å²) in [6.45, 7) is 4.10. The Bertz CT molecular complexity index is 1230. The number of hydrogen-bond acceptors (Lipinski definition) is 6. The molecule has 0 aromatic heterocycles. The second-order valence-electron chi connectivity index (χ2n) is 10.1. The van der Waals surface area contributed by atoms with E-state index in [9.17, 15) is 9.90 Å². The first kappa shape index (κ1) is 24.9. The van der Waals surface area contributed by atoms with Crippen LogP contribution in [0.2, 0.25) is 0 Å². The number of hydrogen-bond donors (Lipinski definition) is 3. The summed E-state index contributed by atoms with van der Waals surface area (Å²) in [5, 5.41) is 14.0. The van der Waals surface area contributed by atoms with E-state index >= 15 is 0 Å². The molecule has 4 atom stereocenters. The Morgan fingerprint density at radius 2 is 1.97 bits per heavy atom. The normalized spacial score (nSPS) is 26.4. The van der Waals surface area contributed by atoms with E-state index in [-0.39, 0.29) is 30.1 Å². The van der Waals surface area contributed by atoms with Crippen LogP contribution >= 0.6 is 12.2 Å². The Kier molecular flexibility index (Phi) is 6.61. The number of fused-ring (bicyclic) bond motifs is 2. The summed E-state index contributed by atoms with van der Waals surface area (Å²) in [5.41, 5.74) is 11.1. The maximum atomic E-state index is 13.4. The molecule has 2 aromatic carbocycles. The number of nitrogens with zero attached hydrogens (tertiary/aromatic N) is 2. The Morgan fingerprint density at radius 3 is 2.67 bits per heavy atom. The van der Waals surface area contributed by atoms with E-state index in [2.05, 4.69) is 19.2 Å². The molecule has 5 rings (SSSR count). The van der Waals surface area contributed by atoms with Crippen LogP contribution in [0.3, 0.4) is 0 Å². The molecule has 0 saturated carbocycles. The number of ether oxygens (including phenoxy) is 1. The number of benzene rings is 2. The van der Waals surface area contributed by atoms with E-state index in [1.165, 1.54) is 0 Å². The number of aliphatic hydroxyl groups excluding tert-OH is 1. The molecule has 1 heterocycles. The van der Waals surface area contributed by atoms with Crippen LogP contribution < -0.4 is 11.1 Å². The van der Waals surface area contributed by atoms with Gasteiger partial charge in [0.25, 0.3) is 0 Å². The third-order valence-electron chi connectivity index (χ3n) is 8.24. The summed E-state index contributed by atoms with van der Waals surface area (Å²) in [4.78, 5) is 20.4. The molecule has 8 heteroatoms. The van der Waals surface area contributed by atoms with E-state index < -0.39 is 11.6 Å². The van der Waals surface area contributed by atoms with Gasteiger partial charge in [0, 0.05) is 25.5 Å². The predicted octanol–water partition coefficient (Wildman–Crippen LogP) is 3.85. The van der Waals surface area contributed by atoms with Crippen LogP contribution in [0.15, 0.2) is 47.5 Å². The van der Waals surface area contributed by atoms with Crippen molar-refractivity contribution in [3.63, 3.8) is 0 Å². The van der Waals surface area contributed by atoms with E-state index in [0.717, 1.165) is 40.7 Å². The molecule has 2 aromatic rings. The molecule has 0 fully saturated rings. The molecule has 0 spiro atoms. The Labute approximate surface area is 217 Å². The standard InChI is InChI=1S/C28H34N4O3S/c1-4-28(5-2)15-24(34)32(27(29)31-28)21-14-23(35-3)19-11-10-17(12-20(19)21)26(36)30-25-18-9-7-6-8-16(18)13-22(25)33/h6-12,21-23,25,33H,4-5,13-15H2,1-3H3,(H2,29,31)(H,30,36)/t21-,22-,23+,25-/m1/s1. The number of amides is 1. The molecule has 7 nitrogen and oxygen atoms in total. The third-order valence-corrected chi connectivity index (χ3v) is 8.60. The lowest BCUT2D eigenvalue weighted by Crippen LogP contribution is -2.52. The minimum absolute atomic E-state index is 0.00399. The molecule has 1 aliphatic heterocycles. The molecular formula is C28H34N4O3S. The average molecular weight is 507 g/mol. The molecule has 36 heavy (non-hydrogen) atoms. The lowest BCUT2D eigenvalue weighted by Gasteiger charge is -2.39. The van der Waals surface area contributed by atoms with Crippen molar-refractivity contribution >= 4 is 29.1 Å². The van der Waals surface area contributed by atoms with E-state index in [1.807, 2.05) is 42.5 Å². The number of thiocarbonyl (C=S) groups is 1. The van der Waals surface area contributed by atoms with Gasteiger partial charge in [-0.05, 0) is 41.2 Å². The van der Waals surface area contributed by atoms with E-state index in [0.29, 0.717) is 24.3 Å². The molecule has 0 unspecified atom stereocenters. The maximum absolute atomic E-state index is 13.4. The Balaban J connectivity index is 1.45. The lowest BCUT2D eigenvalue weighted by molar-refractivity contribution is -0.131. The van der Waals surface area contributed by atoms with Crippen molar-refractivity contribution < 1.29 is 14.6 Å². The number of carbonyl (C=O) groups excluding carboxylic acids is 1. The minimum Gasteiger partial charge on any atom is -0.390 e. The van der Waals surface area contributed by atoms with Gasteiger partial charge in [0.15, 0.2) is 5.96 Å². The first-order valence-corrected chi connectivity index (χ1v) is 13.1. The number of guanidine groups is 1. The van der Waals surface area contributed by atoms with Gasteiger partial charge in [-0.15, -0.1) is 0 Å². The summed E-state index contributed by atoms with van der Waals surface area (Å²) in [7, 11) is 1.69. The minimum atomic E-state index is -0.542. The van der Waals surface area contributed by atoms with Crippen molar-refractivity contribution in [3.8, 4) is 0 Å². The van der Waals surface area contributed by atoms with Gasteiger partial charge in [-0.3, -0.25) is 9.69 Å². The number of aliphatic hydroxyl groups is 1. The van der Waals surface area contributed by atoms with Gasteiger partial charge in [-0.1, -0.05) is 62.5 Å². The average Bonchev–Trinajstić information content (AvgIpc) is 3.40. The lowest BCUT2D eigenvalue weighted by atomic mass is 9.87. The van der Waals surface area contributed by atoms with Crippen molar-refractivity contribution in [2.45, 2.75) is 75.8 Å². The van der Waals surface area contributed by atoms with Crippen LogP contribution in [0.4, 0.5) is 0 Å². The summed E-state index contributed by atoms with van der Waals surface area (Å²) in [5.74, 6) is 0.273. The molecule has 4 N–H and O–H groups in total. The van der Waals surface area contributed by atoms with E-state index in [1.54, 1.807) is 12.0 Å². The molecule has 2 aliphatic carbocycles. The fourth-order valence-electron chi connectivity index (χ4n) is 6.02. The number of aliphatic imine (C=N–C) groups is 1. The zero-order valence-corrected chi connectivity index (χ0v) is 21.8. The van der Waals surface area contributed by atoms with Crippen molar-refractivity contribution in [1.29, 1.82) is 0 Å². The van der Waals surface area contributed by atoms with Gasteiger partial charge in [0.1, 0.15) is 4.99 Å². The first-order valence-electron chi connectivity index (χ1n) is 12.7. The zero-order chi connectivity index (χ0) is 25.6. The van der Waals surface area contributed by atoms with Gasteiger partial charge >= 0.3 is 0 Å². The van der Waals surface area contributed by atoms with Gasteiger partial charge in [0.2, 0.25) is 5.91 Å². The van der Waals surface area contributed by atoms with Gasteiger partial charge in [-0.25, -0.2) is 4.99 Å². The monoisotopic (exact) mass is 506 g/mol. The molecule has 190 valence electrons. The van der Waals surface area contributed by atoms with Crippen LogP contribution in [0.5, 0.6) is 0 Å². The predicted molar refractivity (Wildman–Crippen MR) is 144 cm³/mol. The van der Waals surface area contributed by atoms with Gasteiger partial charge in [-0.2, -0.15) is 0 Å².